The third-order valence-electron chi connectivity index (χ3n) is 3.38. The fraction of sp³-hybridized carbons (Fsp3) is 0.538. The van der Waals surface area contributed by atoms with Crippen molar-refractivity contribution in [1.82, 2.24) is 10.2 Å². The van der Waals surface area contributed by atoms with Crippen LogP contribution in [0.5, 0.6) is 0 Å². The van der Waals surface area contributed by atoms with Gasteiger partial charge in [0.25, 0.3) is 0 Å². The Morgan fingerprint density at radius 2 is 2.11 bits per heavy atom. The van der Waals surface area contributed by atoms with E-state index in [0.717, 1.165) is 21.5 Å². The van der Waals surface area contributed by atoms with Crippen LogP contribution in [0, 0.1) is 5.92 Å². The zero-order valence-corrected chi connectivity index (χ0v) is 13.2. The lowest BCUT2D eigenvalue weighted by atomic mass is 9.96. The summed E-state index contributed by atoms with van der Waals surface area (Å²) in [6.07, 6.45) is 1.53. The third-order valence-corrected chi connectivity index (χ3v) is 5.00. The average molecular weight is 345 g/mol. The number of carbonyl (C=O) groups excluding carboxylic acids is 2. The summed E-state index contributed by atoms with van der Waals surface area (Å²) in [4.78, 5) is 26.2. The fourth-order valence-electron chi connectivity index (χ4n) is 2.22. The first kappa shape index (κ1) is 14.5. The maximum absolute atomic E-state index is 12.0. The molecule has 1 fully saturated rings. The van der Waals surface area contributed by atoms with Crippen LogP contribution in [0.3, 0.4) is 0 Å². The summed E-state index contributed by atoms with van der Waals surface area (Å²) in [5.41, 5.74) is 0. The molecule has 6 heteroatoms. The van der Waals surface area contributed by atoms with Crippen molar-refractivity contribution in [2.24, 2.45) is 5.92 Å². The highest BCUT2D eigenvalue weighted by molar-refractivity contribution is 9.11. The molecule has 2 amide bonds. The molecule has 4 nitrogen and oxygen atoms in total. The van der Waals surface area contributed by atoms with E-state index in [2.05, 4.69) is 21.2 Å². The summed E-state index contributed by atoms with van der Waals surface area (Å²) in [5, 5.41) is 2.97. The summed E-state index contributed by atoms with van der Waals surface area (Å²) in [7, 11) is 0. The predicted molar refractivity (Wildman–Crippen MR) is 78.8 cm³/mol. The molecule has 1 saturated heterocycles. The van der Waals surface area contributed by atoms with Crippen LogP contribution in [0.4, 0.5) is 0 Å². The highest BCUT2D eigenvalue weighted by Gasteiger charge is 2.25. The van der Waals surface area contributed by atoms with Gasteiger partial charge in [-0.3, -0.25) is 9.59 Å². The molecule has 0 atom stereocenters. The van der Waals surface area contributed by atoms with Crippen LogP contribution in [0.2, 0.25) is 0 Å². The highest BCUT2D eigenvalue weighted by Crippen LogP contribution is 2.22. The first-order valence-corrected chi connectivity index (χ1v) is 7.94. The van der Waals surface area contributed by atoms with Crippen molar-refractivity contribution in [2.75, 3.05) is 13.1 Å². The van der Waals surface area contributed by atoms with E-state index in [-0.39, 0.29) is 17.7 Å². The second-order valence-electron chi connectivity index (χ2n) is 4.70. The Balaban J connectivity index is 1.77. The number of nitrogens with one attached hydrogen (secondary N) is 1. The molecular formula is C13H17BrN2O2S. The Kier molecular flexibility index (Phi) is 4.99. The molecule has 0 saturated carbocycles. The normalized spacial score (nSPS) is 16.4. The van der Waals surface area contributed by atoms with Crippen LogP contribution in [0.25, 0.3) is 0 Å². The fourth-order valence-corrected chi connectivity index (χ4v) is 3.64. The van der Waals surface area contributed by atoms with Gasteiger partial charge in [0, 0.05) is 30.8 Å². The summed E-state index contributed by atoms with van der Waals surface area (Å²) in [6, 6.07) is 3.99. The number of carbonyl (C=O) groups is 2. The van der Waals surface area contributed by atoms with E-state index in [9.17, 15) is 9.59 Å². The molecule has 0 spiro atoms. The first-order chi connectivity index (χ1) is 9.06. The Morgan fingerprint density at radius 3 is 2.63 bits per heavy atom. The van der Waals surface area contributed by atoms with E-state index in [4.69, 9.17) is 0 Å². The Morgan fingerprint density at radius 1 is 1.42 bits per heavy atom. The van der Waals surface area contributed by atoms with Crippen molar-refractivity contribution in [3.05, 3.63) is 20.8 Å². The average Bonchev–Trinajstić information content (AvgIpc) is 2.82. The molecule has 0 bridgehead atoms. The Hall–Kier alpha value is -0.880. The van der Waals surface area contributed by atoms with Gasteiger partial charge in [0.15, 0.2) is 0 Å². The second kappa shape index (κ2) is 6.52. The topological polar surface area (TPSA) is 49.4 Å². The van der Waals surface area contributed by atoms with Gasteiger partial charge in [0.2, 0.25) is 11.8 Å². The molecule has 1 aliphatic rings. The Bertz CT molecular complexity index is 467. The summed E-state index contributed by atoms with van der Waals surface area (Å²) in [6.45, 7) is 3.55. The molecule has 0 aliphatic carbocycles. The van der Waals surface area contributed by atoms with Gasteiger partial charge in [-0.25, -0.2) is 0 Å². The maximum atomic E-state index is 12.0. The highest BCUT2D eigenvalue weighted by atomic mass is 79.9. The molecule has 0 radical (unpaired) electrons. The molecule has 1 N–H and O–H groups in total. The van der Waals surface area contributed by atoms with Gasteiger partial charge >= 0.3 is 0 Å². The van der Waals surface area contributed by atoms with Crippen molar-refractivity contribution in [1.29, 1.82) is 0 Å². The molecule has 1 aliphatic heterocycles. The van der Waals surface area contributed by atoms with Crippen LogP contribution >= 0.6 is 27.3 Å². The minimum absolute atomic E-state index is 0.0407. The monoisotopic (exact) mass is 344 g/mol. The molecule has 1 aromatic rings. The molecule has 19 heavy (non-hydrogen) atoms. The van der Waals surface area contributed by atoms with Crippen molar-refractivity contribution in [2.45, 2.75) is 26.3 Å². The lowest BCUT2D eigenvalue weighted by molar-refractivity contribution is -0.134. The molecular weight excluding hydrogens is 328 g/mol. The van der Waals surface area contributed by atoms with E-state index < -0.39 is 0 Å². The molecule has 104 valence electrons. The van der Waals surface area contributed by atoms with Crippen LogP contribution in [0.15, 0.2) is 15.9 Å². The molecule has 1 aromatic heterocycles. The number of hydrogen-bond acceptors (Lipinski definition) is 3. The maximum Gasteiger partial charge on any atom is 0.223 e. The van der Waals surface area contributed by atoms with Crippen molar-refractivity contribution < 1.29 is 9.59 Å². The van der Waals surface area contributed by atoms with Crippen LogP contribution in [-0.4, -0.2) is 29.8 Å². The van der Waals surface area contributed by atoms with E-state index in [0.29, 0.717) is 19.6 Å². The van der Waals surface area contributed by atoms with E-state index >= 15 is 0 Å². The van der Waals surface area contributed by atoms with Crippen molar-refractivity contribution >= 4 is 39.1 Å². The van der Waals surface area contributed by atoms with Gasteiger partial charge in [0.1, 0.15) is 0 Å². The van der Waals surface area contributed by atoms with Gasteiger partial charge in [-0.2, -0.15) is 0 Å². The zero-order chi connectivity index (χ0) is 13.8. The van der Waals surface area contributed by atoms with Gasteiger partial charge in [0.05, 0.1) is 10.3 Å². The number of piperidine rings is 1. The van der Waals surface area contributed by atoms with E-state index in [1.165, 1.54) is 0 Å². The minimum atomic E-state index is 0.0407. The van der Waals surface area contributed by atoms with Crippen molar-refractivity contribution in [3.8, 4) is 0 Å². The summed E-state index contributed by atoms with van der Waals surface area (Å²) < 4.78 is 1.08. The number of nitrogens with zero attached hydrogens (tertiary/aromatic N) is 1. The zero-order valence-electron chi connectivity index (χ0n) is 10.8. The summed E-state index contributed by atoms with van der Waals surface area (Å²) >= 11 is 5.03. The molecule has 2 heterocycles. The van der Waals surface area contributed by atoms with Gasteiger partial charge in [-0.1, -0.05) is 0 Å². The smallest absolute Gasteiger partial charge is 0.223 e. The largest absolute Gasteiger partial charge is 0.351 e. The lowest BCUT2D eigenvalue weighted by Gasteiger charge is -2.30. The van der Waals surface area contributed by atoms with Crippen LogP contribution in [-0.2, 0) is 16.1 Å². The first-order valence-electron chi connectivity index (χ1n) is 6.33. The molecule has 0 aromatic carbocycles. The van der Waals surface area contributed by atoms with Crippen LogP contribution < -0.4 is 5.32 Å². The Labute approximate surface area is 125 Å². The second-order valence-corrected chi connectivity index (χ2v) is 7.25. The van der Waals surface area contributed by atoms with Crippen molar-refractivity contribution in [3.63, 3.8) is 0 Å². The number of halogens is 1. The van der Waals surface area contributed by atoms with E-state index in [1.807, 2.05) is 12.1 Å². The lowest BCUT2D eigenvalue weighted by Crippen LogP contribution is -2.42. The molecule has 2 rings (SSSR count). The number of amides is 2. The number of hydrogen-bond donors (Lipinski definition) is 1. The minimum Gasteiger partial charge on any atom is -0.351 e. The number of rotatable bonds is 3. The van der Waals surface area contributed by atoms with Crippen LogP contribution in [0.1, 0.15) is 24.6 Å². The van der Waals surface area contributed by atoms with E-state index in [1.54, 1.807) is 23.2 Å². The standard InChI is InChI=1S/C13H17BrN2O2S/c1-9(17)16-6-4-10(5-7-16)13(18)15-8-11-2-3-12(14)19-11/h2-3,10H,4-8H2,1H3,(H,15,18). The third kappa shape index (κ3) is 4.04. The van der Waals surface area contributed by atoms with Gasteiger partial charge in [-0.15, -0.1) is 11.3 Å². The number of likely N-dealkylation sites (tertiary alicyclic amines) is 1. The number of thiophene rings is 1. The molecule has 0 unspecified atom stereocenters. The van der Waals surface area contributed by atoms with Gasteiger partial charge < -0.3 is 10.2 Å². The summed E-state index contributed by atoms with van der Waals surface area (Å²) in [5.74, 6) is 0.244. The quantitative estimate of drug-likeness (QED) is 0.915. The van der Waals surface area contributed by atoms with Gasteiger partial charge in [-0.05, 0) is 40.9 Å². The predicted octanol–water partition coefficient (Wildman–Crippen LogP) is 2.39. The SMILES string of the molecule is CC(=O)N1CCC(C(=O)NCc2ccc(Br)s2)CC1.